The van der Waals surface area contributed by atoms with Gasteiger partial charge in [-0.3, -0.25) is 0 Å². The first kappa shape index (κ1) is 11.0. The summed E-state index contributed by atoms with van der Waals surface area (Å²) in [6.45, 7) is 6.39. The summed E-state index contributed by atoms with van der Waals surface area (Å²) in [5.74, 6) is 0. The van der Waals surface area contributed by atoms with Gasteiger partial charge in [-0.1, -0.05) is 0 Å². The molecule has 0 unspecified atom stereocenters. The molecule has 0 aromatic carbocycles. The molecule has 0 aliphatic heterocycles. The molecular formula is C9H4F3N3. The molecule has 0 fully saturated rings. The van der Waals surface area contributed by atoms with Crippen LogP contribution in [0, 0.1) is 17.9 Å². The summed E-state index contributed by atoms with van der Waals surface area (Å²) >= 11 is 0. The number of nitriles is 1. The molecule has 1 rings (SSSR count). The monoisotopic (exact) mass is 211 g/mol. The molecule has 0 aliphatic carbocycles. The molecule has 3 nitrogen and oxygen atoms in total. The molecule has 1 aromatic rings. The first-order valence-corrected chi connectivity index (χ1v) is 3.79. The number of rotatable bonds is 1. The molecule has 1 heterocycles. The summed E-state index contributed by atoms with van der Waals surface area (Å²) in [5, 5.41) is 8.48. The second-order valence-corrected chi connectivity index (χ2v) is 2.62. The van der Waals surface area contributed by atoms with Gasteiger partial charge in [-0.2, -0.15) is 18.4 Å². The maximum Gasteiger partial charge on any atom is 0.419 e. The Hall–Kier alpha value is -2.08. The zero-order chi connectivity index (χ0) is 11.5. The third-order valence-electron chi connectivity index (χ3n) is 1.61. The topological polar surface area (TPSA) is 41.0 Å². The van der Waals surface area contributed by atoms with Gasteiger partial charge in [0.15, 0.2) is 5.69 Å². The van der Waals surface area contributed by atoms with Gasteiger partial charge in [0.25, 0.3) is 6.54 Å². The van der Waals surface area contributed by atoms with Gasteiger partial charge >= 0.3 is 6.18 Å². The number of aromatic nitrogens is 1. The van der Waals surface area contributed by atoms with Crippen molar-refractivity contribution >= 4 is 0 Å². The van der Waals surface area contributed by atoms with Gasteiger partial charge < -0.3 is 4.85 Å². The number of alkyl halides is 3. The van der Waals surface area contributed by atoms with Crippen LogP contribution in [0.15, 0.2) is 12.1 Å². The van der Waals surface area contributed by atoms with E-state index in [-0.39, 0.29) is 12.2 Å². The molecule has 1 aromatic heterocycles. The molecule has 0 saturated heterocycles. The summed E-state index contributed by atoms with van der Waals surface area (Å²) in [4.78, 5) is 6.42. The van der Waals surface area contributed by atoms with Gasteiger partial charge in [-0.25, -0.2) is 11.6 Å². The van der Waals surface area contributed by atoms with Crippen LogP contribution >= 0.6 is 0 Å². The van der Waals surface area contributed by atoms with Gasteiger partial charge in [0.05, 0.1) is 5.56 Å². The van der Waals surface area contributed by atoms with Crippen LogP contribution in [-0.4, -0.2) is 4.98 Å². The SMILES string of the molecule is [C-]#[N+]Cc1ccc(C(F)(F)F)c(C#N)n1. The van der Waals surface area contributed by atoms with Crippen LogP contribution < -0.4 is 0 Å². The predicted octanol–water partition coefficient (Wildman–Crippen LogP) is 2.39. The molecular weight excluding hydrogens is 207 g/mol. The number of nitrogens with zero attached hydrogens (tertiary/aromatic N) is 3. The highest BCUT2D eigenvalue weighted by Gasteiger charge is 2.34. The van der Waals surface area contributed by atoms with Gasteiger partial charge in [-0.15, -0.1) is 0 Å². The Labute approximate surface area is 83.6 Å². The number of hydrogen-bond acceptors (Lipinski definition) is 2. The van der Waals surface area contributed by atoms with Crippen LogP contribution in [0.4, 0.5) is 13.2 Å². The molecule has 0 amide bonds. The average Bonchev–Trinajstić information content (AvgIpc) is 2.16. The Balaban J connectivity index is 3.24. The molecule has 15 heavy (non-hydrogen) atoms. The first-order valence-electron chi connectivity index (χ1n) is 3.79. The normalized spacial score (nSPS) is 10.5. The molecule has 0 saturated carbocycles. The van der Waals surface area contributed by atoms with Gasteiger partial charge in [0.1, 0.15) is 11.8 Å². The fraction of sp³-hybridized carbons (Fsp3) is 0.222. The quantitative estimate of drug-likeness (QED) is 0.669. The fourth-order valence-corrected chi connectivity index (χ4v) is 0.983. The van der Waals surface area contributed by atoms with Crippen LogP contribution in [0.2, 0.25) is 0 Å². The van der Waals surface area contributed by atoms with Crippen LogP contribution in [0.3, 0.4) is 0 Å². The van der Waals surface area contributed by atoms with E-state index in [0.717, 1.165) is 12.1 Å². The lowest BCUT2D eigenvalue weighted by atomic mass is 10.1. The highest BCUT2D eigenvalue weighted by atomic mass is 19.4. The van der Waals surface area contributed by atoms with Crippen LogP contribution in [0.1, 0.15) is 17.0 Å². The van der Waals surface area contributed by atoms with Crippen molar-refractivity contribution in [3.8, 4) is 6.07 Å². The van der Waals surface area contributed by atoms with E-state index >= 15 is 0 Å². The molecule has 6 heteroatoms. The third-order valence-corrected chi connectivity index (χ3v) is 1.61. The zero-order valence-corrected chi connectivity index (χ0v) is 7.34. The maximum atomic E-state index is 12.3. The Bertz CT molecular complexity index is 451. The Kier molecular flexibility index (Phi) is 2.91. The third kappa shape index (κ3) is 2.44. The molecule has 0 spiro atoms. The minimum Gasteiger partial charge on any atom is -0.310 e. The summed E-state index contributed by atoms with van der Waals surface area (Å²) in [6, 6.07) is 3.24. The highest BCUT2D eigenvalue weighted by Crippen LogP contribution is 2.31. The lowest BCUT2D eigenvalue weighted by molar-refractivity contribution is -0.138. The van der Waals surface area contributed by atoms with Crippen LogP contribution in [0.25, 0.3) is 4.85 Å². The van der Waals surface area contributed by atoms with E-state index in [1.807, 2.05) is 0 Å². The molecule has 0 atom stereocenters. The van der Waals surface area contributed by atoms with Gasteiger partial charge in [0.2, 0.25) is 0 Å². The average molecular weight is 211 g/mol. The molecule has 76 valence electrons. The van der Waals surface area contributed by atoms with E-state index in [1.54, 1.807) is 0 Å². The van der Waals surface area contributed by atoms with Crippen molar-refractivity contribution in [3.63, 3.8) is 0 Å². The van der Waals surface area contributed by atoms with Crippen molar-refractivity contribution in [1.82, 2.24) is 4.98 Å². The van der Waals surface area contributed by atoms with Gasteiger partial charge in [-0.05, 0) is 12.1 Å². The number of halogens is 3. The van der Waals surface area contributed by atoms with Gasteiger partial charge in [0, 0.05) is 0 Å². The van der Waals surface area contributed by atoms with Crippen LogP contribution in [0.5, 0.6) is 0 Å². The Morgan fingerprint density at radius 2 is 2.13 bits per heavy atom. The van der Waals surface area contributed by atoms with E-state index < -0.39 is 17.4 Å². The maximum absolute atomic E-state index is 12.3. The highest BCUT2D eigenvalue weighted by molar-refractivity contribution is 5.34. The summed E-state index contributed by atoms with van der Waals surface area (Å²) in [6.07, 6.45) is -4.59. The molecule has 0 aliphatic rings. The standard InChI is InChI=1S/C9H4F3N3/c1-14-5-6-2-3-7(9(10,11)12)8(4-13)15-6/h2-3H,5H2. The van der Waals surface area contributed by atoms with E-state index in [2.05, 4.69) is 9.83 Å². The largest absolute Gasteiger partial charge is 0.419 e. The van der Waals surface area contributed by atoms with E-state index in [4.69, 9.17) is 11.8 Å². The van der Waals surface area contributed by atoms with Crippen molar-refractivity contribution in [1.29, 1.82) is 5.26 Å². The lowest BCUT2D eigenvalue weighted by Crippen LogP contribution is -2.10. The van der Waals surface area contributed by atoms with Crippen molar-refractivity contribution in [2.45, 2.75) is 12.7 Å². The Morgan fingerprint density at radius 3 is 2.60 bits per heavy atom. The van der Waals surface area contributed by atoms with Crippen LogP contribution in [-0.2, 0) is 12.7 Å². The molecule has 0 bridgehead atoms. The lowest BCUT2D eigenvalue weighted by Gasteiger charge is -2.07. The minimum atomic E-state index is -4.59. The smallest absolute Gasteiger partial charge is 0.310 e. The fourth-order valence-electron chi connectivity index (χ4n) is 0.983. The van der Waals surface area contributed by atoms with Crippen molar-refractivity contribution in [2.75, 3.05) is 0 Å². The predicted molar refractivity (Wildman–Crippen MR) is 44.3 cm³/mol. The number of hydrogen-bond donors (Lipinski definition) is 0. The first-order chi connectivity index (χ1) is 6.99. The summed E-state index contributed by atoms with van der Waals surface area (Å²) in [5.41, 5.74) is -1.60. The number of pyridine rings is 1. The second-order valence-electron chi connectivity index (χ2n) is 2.62. The minimum absolute atomic E-state index is 0.132. The van der Waals surface area contributed by atoms with E-state index in [0.29, 0.717) is 0 Å². The van der Waals surface area contributed by atoms with E-state index in [1.165, 1.54) is 6.07 Å². The van der Waals surface area contributed by atoms with Crippen molar-refractivity contribution < 1.29 is 13.2 Å². The second kappa shape index (κ2) is 3.97. The molecule has 0 radical (unpaired) electrons. The Morgan fingerprint density at radius 1 is 1.47 bits per heavy atom. The van der Waals surface area contributed by atoms with E-state index in [9.17, 15) is 13.2 Å². The van der Waals surface area contributed by atoms with Crippen molar-refractivity contribution in [3.05, 3.63) is 40.5 Å². The zero-order valence-electron chi connectivity index (χ0n) is 7.34. The molecule has 0 N–H and O–H groups in total. The van der Waals surface area contributed by atoms with Crippen molar-refractivity contribution in [2.24, 2.45) is 0 Å². The summed E-state index contributed by atoms with van der Waals surface area (Å²) in [7, 11) is 0. The summed E-state index contributed by atoms with van der Waals surface area (Å²) < 4.78 is 36.9.